The number of hydrogen-bond acceptors (Lipinski definition) is 4. The number of imidazole rings is 1. The van der Waals surface area contributed by atoms with E-state index in [1.807, 2.05) is 0 Å². The molecule has 0 spiro atoms. The van der Waals surface area contributed by atoms with Crippen LogP contribution in [0.15, 0.2) is 12.5 Å². The van der Waals surface area contributed by atoms with Gasteiger partial charge in [0.25, 0.3) is 0 Å². The molecule has 2 aromatic rings. The molecule has 2 rings (SSSR count). The summed E-state index contributed by atoms with van der Waals surface area (Å²) in [7, 11) is 0. The number of nitrogens with zero attached hydrogens (tertiary/aromatic N) is 3. The number of fused-ring (bicyclic) bond motifs is 1. The van der Waals surface area contributed by atoms with E-state index in [9.17, 15) is 0 Å². The number of H-pyrrole nitrogens is 1. The zero-order valence-electron chi connectivity index (χ0n) is 5.35. The second-order valence-electron chi connectivity index (χ2n) is 2.01. The van der Waals surface area contributed by atoms with Crippen LogP contribution in [0.2, 0.25) is 0 Å². The first-order chi connectivity index (χ1) is 5.27. The van der Waals surface area contributed by atoms with Crippen LogP contribution in [0.1, 0.15) is 0 Å². The van der Waals surface area contributed by atoms with Crippen LogP contribution in [0.5, 0.6) is 0 Å². The van der Waals surface area contributed by atoms with Gasteiger partial charge in [-0.1, -0.05) is 0 Å². The van der Waals surface area contributed by atoms with E-state index >= 15 is 0 Å². The molecule has 2 N–H and O–H groups in total. The molecule has 5 nitrogen and oxygen atoms in total. The molecule has 0 amide bonds. The monoisotopic (exact) mass is 168 g/mol. The maximum absolute atomic E-state index is 9.04. The van der Waals surface area contributed by atoms with Crippen LogP contribution < -0.4 is 0 Å². The van der Waals surface area contributed by atoms with Crippen LogP contribution in [-0.2, 0) is 0 Å². The minimum absolute atomic E-state index is 0.101. The van der Waals surface area contributed by atoms with Crippen molar-refractivity contribution in [3.63, 3.8) is 0 Å². The molecule has 0 aromatic carbocycles. The van der Waals surface area contributed by atoms with E-state index in [2.05, 4.69) is 15.0 Å². The standard InChI is InChI=1S/C5H4N4OS/c10-9-1-3-4(7-2-6-3)8-5(9)11/h1-2,10H,(H,6,7,8,11). The van der Waals surface area contributed by atoms with Gasteiger partial charge in [0, 0.05) is 0 Å². The van der Waals surface area contributed by atoms with Crippen molar-refractivity contribution in [1.82, 2.24) is 19.7 Å². The average molecular weight is 168 g/mol. The third-order valence-corrected chi connectivity index (χ3v) is 1.58. The highest BCUT2D eigenvalue weighted by atomic mass is 32.1. The summed E-state index contributed by atoms with van der Waals surface area (Å²) in [6, 6.07) is 0. The van der Waals surface area contributed by atoms with E-state index in [-0.39, 0.29) is 4.77 Å². The Morgan fingerprint density at radius 3 is 3.27 bits per heavy atom. The maximum atomic E-state index is 9.04. The molecule has 56 valence electrons. The fourth-order valence-electron chi connectivity index (χ4n) is 0.800. The van der Waals surface area contributed by atoms with Crippen molar-refractivity contribution in [2.75, 3.05) is 0 Å². The molecule has 6 heteroatoms. The highest BCUT2D eigenvalue weighted by Crippen LogP contribution is 2.02. The summed E-state index contributed by atoms with van der Waals surface area (Å²) in [4.78, 5) is 10.5. The largest absolute Gasteiger partial charge is 0.426 e. The Kier molecular flexibility index (Phi) is 1.16. The van der Waals surface area contributed by atoms with Crippen LogP contribution in [0, 0.1) is 4.77 Å². The third-order valence-electron chi connectivity index (χ3n) is 1.30. The van der Waals surface area contributed by atoms with Crippen LogP contribution in [0.25, 0.3) is 11.2 Å². The lowest BCUT2D eigenvalue weighted by molar-refractivity contribution is 0.178. The summed E-state index contributed by atoms with van der Waals surface area (Å²) in [5.74, 6) is 0. The molecule has 11 heavy (non-hydrogen) atoms. The Balaban J connectivity index is 2.97. The molecule has 2 aromatic heterocycles. The minimum atomic E-state index is 0.101. The van der Waals surface area contributed by atoms with E-state index in [0.29, 0.717) is 11.2 Å². The number of hydrogen-bond donors (Lipinski definition) is 2. The fraction of sp³-hybridized carbons (Fsp3) is 0. The summed E-state index contributed by atoms with van der Waals surface area (Å²) in [6.45, 7) is 0. The van der Waals surface area contributed by atoms with E-state index in [4.69, 9.17) is 17.4 Å². The average Bonchev–Trinajstić information content (AvgIpc) is 2.36. The van der Waals surface area contributed by atoms with E-state index in [1.54, 1.807) is 0 Å². The highest BCUT2D eigenvalue weighted by molar-refractivity contribution is 7.71. The van der Waals surface area contributed by atoms with Crippen LogP contribution in [0.3, 0.4) is 0 Å². The van der Waals surface area contributed by atoms with Gasteiger partial charge in [0.15, 0.2) is 5.65 Å². The van der Waals surface area contributed by atoms with Gasteiger partial charge in [-0.05, 0) is 12.2 Å². The van der Waals surface area contributed by atoms with Crippen LogP contribution in [0.4, 0.5) is 0 Å². The molecule has 0 aliphatic carbocycles. The molecule has 0 atom stereocenters. The first kappa shape index (κ1) is 6.29. The zero-order chi connectivity index (χ0) is 7.84. The second kappa shape index (κ2) is 2.03. The highest BCUT2D eigenvalue weighted by Gasteiger charge is 1.97. The maximum Gasteiger partial charge on any atom is 0.235 e. The van der Waals surface area contributed by atoms with Crippen LogP contribution in [-0.4, -0.2) is 24.9 Å². The lowest BCUT2D eigenvalue weighted by Gasteiger charge is -1.93. The van der Waals surface area contributed by atoms with E-state index < -0.39 is 0 Å². The molecule has 0 saturated heterocycles. The first-order valence-corrected chi connectivity index (χ1v) is 3.30. The lowest BCUT2D eigenvalue weighted by Crippen LogP contribution is -1.95. The van der Waals surface area contributed by atoms with E-state index in [0.717, 1.165) is 4.73 Å². The molecular weight excluding hydrogens is 164 g/mol. The van der Waals surface area contributed by atoms with Crippen molar-refractivity contribution < 1.29 is 5.21 Å². The smallest absolute Gasteiger partial charge is 0.235 e. The molecule has 0 saturated carbocycles. The lowest BCUT2D eigenvalue weighted by atomic mass is 10.6. The van der Waals surface area contributed by atoms with Crippen molar-refractivity contribution in [2.45, 2.75) is 0 Å². The molecule has 0 radical (unpaired) electrons. The van der Waals surface area contributed by atoms with Crippen molar-refractivity contribution in [3.8, 4) is 0 Å². The first-order valence-electron chi connectivity index (χ1n) is 2.89. The van der Waals surface area contributed by atoms with Crippen molar-refractivity contribution in [1.29, 1.82) is 0 Å². The summed E-state index contributed by atoms with van der Waals surface area (Å²) in [5, 5.41) is 9.04. The molecule has 0 unspecified atom stereocenters. The number of rotatable bonds is 0. The Morgan fingerprint density at radius 2 is 2.45 bits per heavy atom. The molecule has 2 heterocycles. The normalized spacial score (nSPS) is 10.5. The van der Waals surface area contributed by atoms with Crippen molar-refractivity contribution in [2.24, 2.45) is 0 Å². The van der Waals surface area contributed by atoms with Gasteiger partial charge in [0.2, 0.25) is 4.77 Å². The quantitative estimate of drug-likeness (QED) is 0.449. The predicted molar refractivity (Wildman–Crippen MR) is 39.9 cm³/mol. The molecule has 0 bridgehead atoms. The van der Waals surface area contributed by atoms with Gasteiger partial charge in [-0.2, -0.15) is 9.71 Å². The Labute approximate surface area is 66.3 Å². The van der Waals surface area contributed by atoms with Gasteiger partial charge >= 0.3 is 0 Å². The Bertz CT molecular complexity index is 445. The van der Waals surface area contributed by atoms with Gasteiger partial charge < -0.3 is 10.2 Å². The SMILES string of the molecule is On1cc2[nH]cnc2nc1=S. The number of aromatic nitrogens is 4. The van der Waals surface area contributed by atoms with Gasteiger partial charge in [-0.25, -0.2) is 4.98 Å². The number of aromatic amines is 1. The van der Waals surface area contributed by atoms with Gasteiger partial charge in [0.1, 0.15) is 5.52 Å². The zero-order valence-corrected chi connectivity index (χ0v) is 6.17. The predicted octanol–water partition coefficient (Wildman–Crippen LogP) is 0.726. The van der Waals surface area contributed by atoms with Gasteiger partial charge in [-0.3, -0.25) is 0 Å². The Morgan fingerprint density at radius 1 is 1.64 bits per heavy atom. The van der Waals surface area contributed by atoms with Crippen molar-refractivity contribution in [3.05, 3.63) is 17.3 Å². The number of nitrogens with one attached hydrogen (secondary N) is 1. The van der Waals surface area contributed by atoms with Crippen molar-refractivity contribution >= 4 is 23.4 Å². The summed E-state index contributed by atoms with van der Waals surface area (Å²) in [5.41, 5.74) is 1.17. The minimum Gasteiger partial charge on any atom is -0.426 e. The molecule has 0 aliphatic heterocycles. The second-order valence-corrected chi connectivity index (χ2v) is 2.37. The van der Waals surface area contributed by atoms with E-state index in [1.165, 1.54) is 12.5 Å². The summed E-state index contributed by atoms with van der Waals surface area (Å²) < 4.78 is 0.875. The third kappa shape index (κ3) is 0.874. The topological polar surface area (TPSA) is 66.7 Å². The molecular formula is C5H4N4OS. The molecule has 0 fully saturated rings. The Hall–Kier alpha value is -1.43. The van der Waals surface area contributed by atoms with Gasteiger partial charge in [-0.15, -0.1) is 0 Å². The summed E-state index contributed by atoms with van der Waals surface area (Å²) >= 11 is 4.69. The van der Waals surface area contributed by atoms with Crippen LogP contribution >= 0.6 is 12.2 Å². The summed E-state index contributed by atoms with van der Waals surface area (Å²) in [6.07, 6.45) is 2.92. The fourth-order valence-corrected chi connectivity index (χ4v) is 0.940. The molecule has 0 aliphatic rings. The van der Waals surface area contributed by atoms with Gasteiger partial charge in [0.05, 0.1) is 12.5 Å².